The number of amides is 1. The summed E-state index contributed by atoms with van der Waals surface area (Å²) in [4.78, 5) is 13.5. The van der Waals surface area contributed by atoms with Gasteiger partial charge in [0.25, 0.3) is 0 Å². The minimum atomic E-state index is -0.683. The van der Waals surface area contributed by atoms with Crippen LogP contribution in [0.2, 0.25) is 0 Å². The Morgan fingerprint density at radius 2 is 2.26 bits per heavy atom. The maximum atomic E-state index is 11.9. The summed E-state index contributed by atoms with van der Waals surface area (Å²) < 4.78 is 15.7. The Kier molecular flexibility index (Phi) is 6.15. The van der Waals surface area contributed by atoms with Gasteiger partial charge in [0.2, 0.25) is 5.91 Å². The monoisotopic (exact) mass is 321 g/mol. The van der Waals surface area contributed by atoms with Crippen molar-refractivity contribution < 1.29 is 24.1 Å². The lowest BCUT2D eigenvalue weighted by atomic mass is 9.93. The Bertz CT molecular complexity index is 560. The van der Waals surface area contributed by atoms with Crippen LogP contribution in [0, 0.1) is 0 Å². The number of fused-ring (bicyclic) bond motifs is 1. The van der Waals surface area contributed by atoms with Crippen LogP contribution in [0.1, 0.15) is 12.5 Å². The van der Waals surface area contributed by atoms with E-state index in [1.807, 2.05) is 12.1 Å². The van der Waals surface area contributed by atoms with Crippen LogP contribution in [-0.4, -0.2) is 50.3 Å². The van der Waals surface area contributed by atoms with Crippen molar-refractivity contribution in [3.63, 3.8) is 0 Å². The molecule has 1 heterocycles. The van der Waals surface area contributed by atoms with E-state index < -0.39 is 12.1 Å². The van der Waals surface area contributed by atoms with Gasteiger partial charge in [-0.3, -0.25) is 4.79 Å². The first kappa shape index (κ1) is 17.5. The lowest BCUT2D eigenvalue weighted by Gasteiger charge is -2.38. The molecule has 0 saturated carbocycles. The van der Waals surface area contributed by atoms with E-state index in [2.05, 4.69) is 6.58 Å². The molecule has 0 aromatic heterocycles. The third-order valence-electron chi connectivity index (χ3n) is 3.75. The van der Waals surface area contributed by atoms with Crippen molar-refractivity contribution in [2.75, 3.05) is 32.0 Å². The summed E-state index contributed by atoms with van der Waals surface area (Å²) in [5, 5.41) is 10.3. The van der Waals surface area contributed by atoms with E-state index in [9.17, 15) is 9.90 Å². The number of carbonyl (C=O) groups excluding carboxylic acids is 1. The Hall–Kier alpha value is -1.89. The van der Waals surface area contributed by atoms with E-state index in [4.69, 9.17) is 14.2 Å². The molecule has 0 aliphatic carbocycles. The molecule has 0 spiro atoms. The van der Waals surface area contributed by atoms with Crippen molar-refractivity contribution in [2.45, 2.75) is 25.5 Å². The van der Waals surface area contributed by atoms with Gasteiger partial charge in [0.1, 0.15) is 5.75 Å². The average molecular weight is 321 g/mol. The maximum absolute atomic E-state index is 11.9. The Labute approximate surface area is 136 Å². The van der Waals surface area contributed by atoms with Crippen LogP contribution < -0.4 is 9.64 Å². The molecule has 0 saturated heterocycles. The molecule has 6 nitrogen and oxygen atoms in total. The number of nitrogens with zero attached hydrogens (tertiary/aromatic N) is 1. The summed E-state index contributed by atoms with van der Waals surface area (Å²) in [6.07, 6.45) is 1.36. The highest BCUT2D eigenvalue weighted by atomic mass is 16.7. The number of aliphatic hydroxyl groups excluding tert-OH is 1. The molecule has 1 aromatic carbocycles. The zero-order valence-corrected chi connectivity index (χ0v) is 13.5. The third-order valence-corrected chi connectivity index (χ3v) is 3.75. The summed E-state index contributed by atoms with van der Waals surface area (Å²) in [5.74, 6) is 0.500. The van der Waals surface area contributed by atoms with E-state index in [1.54, 1.807) is 24.2 Å². The van der Waals surface area contributed by atoms with Crippen molar-refractivity contribution in [3.8, 4) is 5.75 Å². The largest absolute Gasteiger partial charge is 0.468 e. The number of benzene rings is 1. The molecule has 1 N–H and O–H groups in total. The first-order chi connectivity index (χ1) is 11.1. The topological polar surface area (TPSA) is 68.2 Å². The second kappa shape index (κ2) is 8.10. The van der Waals surface area contributed by atoms with Gasteiger partial charge in [-0.25, -0.2) is 0 Å². The minimum absolute atomic E-state index is 0.121. The van der Waals surface area contributed by atoms with Crippen molar-refractivity contribution >= 4 is 11.6 Å². The molecule has 1 aliphatic rings. The Morgan fingerprint density at radius 1 is 1.48 bits per heavy atom. The van der Waals surface area contributed by atoms with E-state index in [0.717, 1.165) is 11.3 Å². The number of methoxy groups -OCH3 is 1. The fraction of sp³-hybridized carbons (Fsp3) is 0.471. The number of carbonyl (C=O) groups is 1. The van der Waals surface area contributed by atoms with Crippen LogP contribution in [-0.2, 0) is 20.7 Å². The molecule has 1 amide bonds. The van der Waals surface area contributed by atoms with E-state index in [-0.39, 0.29) is 12.7 Å². The predicted octanol–water partition coefficient (Wildman–Crippen LogP) is 1.51. The maximum Gasteiger partial charge on any atom is 0.224 e. The normalized spacial score (nSPS) is 20.0. The predicted molar refractivity (Wildman–Crippen MR) is 86.6 cm³/mol. The fourth-order valence-corrected chi connectivity index (χ4v) is 2.68. The SMILES string of the molecule is C=C[C@@H]1[C@@H](O)Cc2cc(OCOCCOC)ccc2N1C(C)=O. The van der Waals surface area contributed by atoms with Gasteiger partial charge in [-0.2, -0.15) is 0 Å². The molecule has 23 heavy (non-hydrogen) atoms. The van der Waals surface area contributed by atoms with Gasteiger partial charge in [0.15, 0.2) is 6.79 Å². The number of hydrogen-bond donors (Lipinski definition) is 1. The van der Waals surface area contributed by atoms with Gasteiger partial charge in [-0.05, 0) is 23.8 Å². The molecule has 1 aromatic rings. The number of hydrogen-bond acceptors (Lipinski definition) is 5. The number of aliphatic hydroxyl groups is 1. The molecule has 126 valence electrons. The molecular weight excluding hydrogens is 298 g/mol. The minimum Gasteiger partial charge on any atom is -0.468 e. The lowest BCUT2D eigenvalue weighted by molar-refractivity contribution is -0.117. The highest BCUT2D eigenvalue weighted by Crippen LogP contribution is 2.34. The van der Waals surface area contributed by atoms with Crippen molar-refractivity contribution in [1.82, 2.24) is 0 Å². The van der Waals surface area contributed by atoms with Crippen LogP contribution >= 0.6 is 0 Å². The van der Waals surface area contributed by atoms with E-state index >= 15 is 0 Å². The standard InChI is InChI=1S/C17H23NO5/c1-4-15-17(20)10-13-9-14(23-11-22-8-7-21-3)5-6-16(13)18(15)12(2)19/h4-6,9,15,17,20H,1,7-8,10-11H2,2-3H3/t15-,17+/m1/s1. The van der Waals surface area contributed by atoms with E-state index in [1.165, 1.54) is 6.92 Å². The summed E-state index contributed by atoms with van der Waals surface area (Å²) in [6.45, 7) is 6.29. The zero-order chi connectivity index (χ0) is 16.8. The van der Waals surface area contributed by atoms with Gasteiger partial charge in [-0.15, -0.1) is 6.58 Å². The number of ether oxygens (including phenoxy) is 3. The molecule has 2 atom stereocenters. The van der Waals surface area contributed by atoms with Gasteiger partial charge in [0, 0.05) is 26.1 Å². The zero-order valence-electron chi connectivity index (χ0n) is 13.5. The molecule has 6 heteroatoms. The smallest absolute Gasteiger partial charge is 0.224 e. The molecule has 2 rings (SSSR count). The fourth-order valence-electron chi connectivity index (χ4n) is 2.68. The molecule has 0 unspecified atom stereocenters. The highest BCUT2D eigenvalue weighted by molar-refractivity contribution is 5.94. The second-order valence-corrected chi connectivity index (χ2v) is 5.34. The van der Waals surface area contributed by atoms with E-state index in [0.29, 0.717) is 25.4 Å². The van der Waals surface area contributed by atoms with Crippen molar-refractivity contribution in [1.29, 1.82) is 0 Å². The highest BCUT2D eigenvalue weighted by Gasteiger charge is 2.33. The number of rotatable bonds is 7. The molecule has 0 radical (unpaired) electrons. The van der Waals surface area contributed by atoms with Crippen LogP contribution in [0.4, 0.5) is 5.69 Å². The third kappa shape index (κ3) is 4.10. The molecular formula is C17H23NO5. The quantitative estimate of drug-likeness (QED) is 0.468. The second-order valence-electron chi connectivity index (χ2n) is 5.34. The van der Waals surface area contributed by atoms with Gasteiger partial charge < -0.3 is 24.2 Å². The van der Waals surface area contributed by atoms with Crippen LogP contribution in [0.25, 0.3) is 0 Å². The summed E-state index contributed by atoms with van der Waals surface area (Å²) in [7, 11) is 1.61. The van der Waals surface area contributed by atoms with Crippen molar-refractivity contribution in [3.05, 3.63) is 36.4 Å². The van der Waals surface area contributed by atoms with Crippen LogP contribution in [0.3, 0.4) is 0 Å². The van der Waals surface area contributed by atoms with Gasteiger partial charge >= 0.3 is 0 Å². The van der Waals surface area contributed by atoms with Gasteiger partial charge in [0.05, 0.1) is 25.4 Å². The summed E-state index contributed by atoms with van der Waals surface area (Å²) in [5.41, 5.74) is 1.64. The Morgan fingerprint density at radius 3 is 2.91 bits per heavy atom. The lowest BCUT2D eigenvalue weighted by Crippen LogP contribution is -2.49. The van der Waals surface area contributed by atoms with Crippen molar-refractivity contribution in [2.24, 2.45) is 0 Å². The first-order valence-corrected chi connectivity index (χ1v) is 7.51. The summed E-state index contributed by atoms with van der Waals surface area (Å²) >= 11 is 0. The molecule has 0 fully saturated rings. The number of anilines is 1. The Balaban J connectivity index is 2.12. The molecule has 0 bridgehead atoms. The average Bonchev–Trinajstić information content (AvgIpc) is 2.53. The summed E-state index contributed by atoms with van der Waals surface area (Å²) in [6, 6.07) is 5.02. The first-order valence-electron chi connectivity index (χ1n) is 7.51. The van der Waals surface area contributed by atoms with Gasteiger partial charge in [-0.1, -0.05) is 6.08 Å². The van der Waals surface area contributed by atoms with Crippen LogP contribution in [0.5, 0.6) is 5.75 Å². The molecule has 1 aliphatic heterocycles. The van der Waals surface area contributed by atoms with Crippen LogP contribution in [0.15, 0.2) is 30.9 Å².